The molecule has 3 heterocycles. The third kappa shape index (κ3) is 5.18. The number of rotatable bonds is 6. The van der Waals surface area contributed by atoms with Gasteiger partial charge in [0.2, 0.25) is 22.1 Å². The minimum Gasteiger partial charge on any atom is -0.374 e. The van der Waals surface area contributed by atoms with Gasteiger partial charge in [-0.05, 0) is 0 Å². The van der Waals surface area contributed by atoms with Gasteiger partial charge >= 0.3 is 0 Å². The van der Waals surface area contributed by atoms with Crippen LogP contribution in [0.15, 0.2) is 8.68 Å². The molecule has 0 aliphatic carbocycles. The summed E-state index contributed by atoms with van der Waals surface area (Å²) in [7, 11) is 0. The standard InChI is InChI=1S/C12H16N8O2S4/c13-9-15-17-11(25-9)23-5-7(21)19-1-2-20(4-3-19)8(22)6-24-12-18-16-10(14)26-12/h1-6H2,(H2,13,15)(H2,14,16). The summed E-state index contributed by atoms with van der Waals surface area (Å²) in [6, 6.07) is 0. The molecule has 0 aromatic carbocycles. The van der Waals surface area contributed by atoms with Crippen LogP contribution >= 0.6 is 46.2 Å². The fourth-order valence-corrected chi connectivity index (χ4v) is 5.27. The van der Waals surface area contributed by atoms with E-state index in [2.05, 4.69) is 20.4 Å². The van der Waals surface area contributed by atoms with Gasteiger partial charge in [0.15, 0.2) is 8.68 Å². The maximum atomic E-state index is 12.3. The van der Waals surface area contributed by atoms with Crippen LogP contribution in [0.1, 0.15) is 0 Å². The smallest absolute Gasteiger partial charge is 0.233 e. The first-order chi connectivity index (χ1) is 12.5. The Bertz CT molecular complexity index is 709. The largest absolute Gasteiger partial charge is 0.374 e. The van der Waals surface area contributed by atoms with Crippen molar-refractivity contribution in [3.05, 3.63) is 0 Å². The van der Waals surface area contributed by atoms with Crippen molar-refractivity contribution in [2.75, 3.05) is 49.2 Å². The minimum absolute atomic E-state index is 0.0228. The van der Waals surface area contributed by atoms with Crippen molar-refractivity contribution < 1.29 is 9.59 Å². The zero-order valence-electron chi connectivity index (χ0n) is 13.5. The van der Waals surface area contributed by atoms with E-state index < -0.39 is 0 Å². The number of hydrogen-bond donors (Lipinski definition) is 2. The normalized spacial score (nSPS) is 14.6. The molecule has 2 aromatic rings. The van der Waals surface area contributed by atoms with Gasteiger partial charge in [0, 0.05) is 26.2 Å². The molecule has 14 heteroatoms. The lowest BCUT2D eigenvalue weighted by Crippen LogP contribution is -2.51. The second-order valence-corrected chi connectivity index (χ2v) is 9.61. The van der Waals surface area contributed by atoms with Gasteiger partial charge in [-0.1, -0.05) is 46.2 Å². The molecule has 0 radical (unpaired) electrons. The summed E-state index contributed by atoms with van der Waals surface area (Å²) in [5.74, 6) is 0.623. The van der Waals surface area contributed by atoms with Gasteiger partial charge in [0.1, 0.15) is 0 Å². The second kappa shape index (κ2) is 8.83. The first kappa shape index (κ1) is 19.1. The summed E-state index contributed by atoms with van der Waals surface area (Å²) < 4.78 is 1.36. The Hall–Kier alpha value is -1.64. The second-order valence-electron chi connectivity index (χ2n) is 5.15. The van der Waals surface area contributed by atoms with Crippen LogP contribution in [0, 0.1) is 0 Å². The Morgan fingerprint density at radius 2 is 1.19 bits per heavy atom. The molecule has 3 rings (SSSR count). The van der Waals surface area contributed by atoms with Crippen LogP contribution in [0.5, 0.6) is 0 Å². The lowest BCUT2D eigenvalue weighted by Gasteiger charge is -2.34. The minimum atomic E-state index is 0.0228. The average molecular weight is 433 g/mol. The number of thioether (sulfide) groups is 2. The van der Waals surface area contributed by atoms with Crippen molar-refractivity contribution in [1.82, 2.24) is 30.2 Å². The third-order valence-electron chi connectivity index (χ3n) is 3.47. The van der Waals surface area contributed by atoms with E-state index in [1.807, 2.05) is 0 Å². The Morgan fingerprint density at radius 3 is 1.50 bits per heavy atom. The van der Waals surface area contributed by atoms with Crippen molar-refractivity contribution in [2.24, 2.45) is 0 Å². The lowest BCUT2D eigenvalue weighted by molar-refractivity contribution is -0.136. The maximum Gasteiger partial charge on any atom is 0.233 e. The van der Waals surface area contributed by atoms with E-state index in [0.29, 0.717) is 45.1 Å². The highest BCUT2D eigenvalue weighted by Crippen LogP contribution is 2.25. The average Bonchev–Trinajstić information content (AvgIpc) is 3.25. The summed E-state index contributed by atoms with van der Waals surface area (Å²) in [6.45, 7) is 2.11. The van der Waals surface area contributed by atoms with E-state index >= 15 is 0 Å². The highest BCUT2D eigenvalue weighted by Gasteiger charge is 2.24. The fraction of sp³-hybridized carbons (Fsp3) is 0.500. The fourth-order valence-electron chi connectivity index (χ4n) is 2.19. The first-order valence-electron chi connectivity index (χ1n) is 7.50. The lowest BCUT2D eigenvalue weighted by atomic mass is 10.3. The summed E-state index contributed by atoms with van der Waals surface area (Å²) in [5.41, 5.74) is 11.0. The van der Waals surface area contributed by atoms with E-state index in [4.69, 9.17) is 11.5 Å². The van der Waals surface area contributed by atoms with Gasteiger partial charge in [-0.3, -0.25) is 9.59 Å². The number of carbonyl (C=O) groups excluding carboxylic acids is 2. The molecule has 4 N–H and O–H groups in total. The maximum absolute atomic E-state index is 12.3. The molecular formula is C12H16N8O2S4. The van der Waals surface area contributed by atoms with Gasteiger partial charge in [-0.25, -0.2) is 0 Å². The van der Waals surface area contributed by atoms with Gasteiger partial charge in [0.25, 0.3) is 0 Å². The van der Waals surface area contributed by atoms with E-state index in [1.54, 1.807) is 9.80 Å². The quantitative estimate of drug-likeness (QED) is 0.603. The van der Waals surface area contributed by atoms with E-state index in [-0.39, 0.29) is 23.3 Å². The van der Waals surface area contributed by atoms with Crippen molar-refractivity contribution in [3.63, 3.8) is 0 Å². The number of nitrogens with zero attached hydrogens (tertiary/aromatic N) is 6. The number of anilines is 2. The number of nitrogen functional groups attached to an aromatic ring is 2. The number of carbonyl (C=O) groups is 2. The van der Waals surface area contributed by atoms with Crippen molar-refractivity contribution >= 4 is 68.3 Å². The molecular weight excluding hydrogens is 416 g/mol. The predicted octanol–water partition coefficient (Wildman–Crippen LogP) is 0.109. The molecule has 0 bridgehead atoms. The van der Waals surface area contributed by atoms with Gasteiger partial charge in [-0.15, -0.1) is 20.4 Å². The molecule has 10 nitrogen and oxygen atoms in total. The highest BCUT2D eigenvalue weighted by atomic mass is 32.2. The van der Waals surface area contributed by atoms with Crippen molar-refractivity contribution in [1.29, 1.82) is 0 Å². The first-order valence-corrected chi connectivity index (χ1v) is 11.1. The van der Waals surface area contributed by atoms with E-state index in [1.165, 1.54) is 46.2 Å². The van der Waals surface area contributed by atoms with Crippen molar-refractivity contribution in [3.8, 4) is 0 Å². The van der Waals surface area contributed by atoms with Crippen LogP contribution in [0.3, 0.4) is 0 Å². The zero-order valence-corrected chi connectivity index (χ0v) is 16.8. The Kier molecular flexibility index (Phi) is 6.50. The molecule has 140 valence electrons. The summed E-state index contributed by atoms with van der Waals surface area (Å²) in [5, 5.41) is 16.0. The molecule has 2 aromatic heterocycles. The van der Waals surface area contributed by atoms with Crippen molar-refractivity contribution in [2.45, 2.75) is 8.68 Å². The molecule has 1 aliphatic rings. The number of aromatic nitrogens is 4. The summed E-state index contributed by atoms with van der Waals surface area (Å²) in [6.07, 6.45) is 0. The summed E-state index contributed by atoms with van der Waals surface area (Å²) in [4.78, 5) is 28.1. The number of amides is 2. The highest BCUT2D eigenvalue weighted by molar-refractivity contribution is 8.01. The van der Waals surface area contributed by atoms with Crippen LogP contribution in [0.25, 0.3) is 0 Å². The molecule has 1 fully saturated rings. The predicted molar refractivity (Wildman–Crippen MR) is 103 cm³/mol. The topological polar surface area (TPSA) is 144 Å². The molecule has 0 saturated carbocycles. The monoisotopic (exact) mass is 432 g/mol. The van der Waals surface area contributed by atoms with E-state index in [0.717, 1.165) is 0 Å². The van der Waals surface area contributed by atoms with Crippen LogP contribution < -0.4 is 11.5 Å². The van der Waals surface area contributed by atoms with Gasteiger partial charge in [-0.2, -0.15) is 0 Å². The number of piperazine rings is 1. The number of nitrogens with two attached hydrogens (primary N) is 2. The number of hydrogen-bond acceptors (Lipinski definition) is 12. The molecule has 1 aliphatic heterocycles. The van der Waals surface area contributed by atoms with Crippen LogP contribution in [0.4, 0.5) is 10.3 Å². The molecule has 26 heavy (non-hydrogen) atoms. The molecule has 0 unspecified atom stereocenters. The molecule has 0 spiro atoms. The van der Waals surface area contributed by atoms with Gasteiger partial charge < -0.3 is 21.3 Å². The third-order valence-corrected chi connectivity index (χ3v) is 7.21. The SMILES string of the molecule is Nc1nnc(SCC(=O)N2CCN(C(=O)CSc3nnc(N)s3)CC2)s1. The Labute approximate surface area is 165 Å². The van der Waals surface area contributed by atoms with Crippen LogP contribution in [-0.4, -0.2) is 79.7 Å². The van der Waals surface area contributed by atoms with Gasteiger partial charge in [0.05, 0.1) is 11.5 Å². The van der Waals surface area contributed by atoms with Crippen LogP contribution in [0.2, 0.25) is 0 Å². The molecule has 1 saturated heterocycles. The zero-order chi connectivity index (χ0) is 18.5. The molecule has 2 amide bonds. The summed E-state index contributed by atoms with van der Waals surface area (Å²) >= 11 is 5.18. The molecule has 0 atom stereocenters. The van der Waals surface area contributed by atoms with E-state index in [9.17, 15) is 9.59 Å². The van der Waals surface area contributed by atoms with Crippen LogP contribution in [-0.2, 0) is 9.59 Å². The Balaban J connectivity index is 1.38. The Morgan fingerprint density at radius 1 is 0.808 bits per heavy atom.